The van der Waals surface area contributed by atoms with Gasteiger partial charge >= 0.3 is 54.3 Å². The van der Waals surface area contributed by atoms with Gasteiger partial charge in [0.25, 0.3) is 0 Å². The minimum absolute atomic E-state index is 0.0223. The van der Waals surface area contributed by atoms with Gasteiger partial charge < -0.3 is 5.32 Å². The zero-order valence-electron chi connectivity index (χ0n) is 16.8. The molecule has 214 valence electrons. The van der Waals surface area contributed by atoms with Crippen molar-refractivity contribution >= 4 is 11.7 Å². The summed E-state index contributed by atoms with van der Waals surface area (Å²) in [7, 11) is 0. The lowest BCUT2D eigenvalue weighted by Gasteiger charge is -2.40. The van der Waals surface area contributed by atoms with Crippen LogP contribution in [0.3, 0.4) is 0 Å². The van der Waals surface area contributed by atoms with E-state index in [1.165, 1.54) is 4.74 Å². The van der Waals surface area contributed by atoms with Gasteiger partial charge in [0.15, 0.2) is 0 Å². The van der Waals surface area contributed by atoms with Gasteiger partial charge in [-0.25, -0.2) is 4.98 Å². The third-order valence-electron chi connectivity index (χ3n) is 3.81. The molecule has 0 saturated carbocycles. The van der Waals surface area contributed by atoms with Crippen molar-refractivity contribution in [2.24, 2.45) is 0 Å². The molecule has 0 radical (unpaired) electrons. The third-order valence-corrected chi connectivity index (χ3v) is 3.81. The molecule has 5 nitrogen and oxygen atoms in total. The second-order valence-electron chi connectivity index (χ2n) is 6.67. The Bertz CT molecular complexity index is 989. The normalized spacial score (nSPS) is 17.7. The van der Waals surface area contributed by atoms with Gasteiger partial charge in [-0.2, -0.15) is 74.6 Å². The molecular weight excluding hydrogens is 579 g/mol. The van der Waals surface area contributed by atoms with Crippen LogP contribution in [0.5, 0.6) is 0 Å². The van der Waals surface area contributed by atoms with Gasteiger partial charge in [-0.15, -0.1) is 0 Å². The quantitative estimate of drug-likeness (QED) is 0.369. The Labute approximate surface area is 191 Å². The molecule has 0 unspecified atom stereocenters. The Morgan fingerprint density at radius 2 is 1.22 bits per heavy atom. The molecule has 0 aromatic carbocycles. The van der Waals surface area contributed by atoms with Crippen LogP contribution in [0.25, 0.3) is 0 Å². The van der Waals surface area contributed by atoms with Gasteiger partial charge in [-0.1, -0.05) is 0 Å². The SMILES string of the molecule is Cc1ccnc(NC(=O)[C@@](F)(OC(F)(F)[C@@](F)(OC(F)(F)C(F)(F)C(F)(F)F)C(F)(F)F)C(F)(F)F)c1. The van der Waals surface area contributed by atoms with E-state index >= 15 is 0 Å². The number of anilines is 1. The van der Waals surface area contributed by atoms with E-state index < -0.39 is 60.1 Å². The van der Waals surface area contributed by atoms with Gasteiger partial charge in [0.2, 0.25) is 0 Å². The number of nitrogens with one attached hydrogen (secondary N) is 1. The number of aromatic nitrogens is 1. The van der Waals surface area contributed by atoms with E-state index in [-0.39, 0.29) is 5.56 Å². The van der Waals surface area contributed by atoms with Crippen molar-refractivity contribution in [3.05, 3.63) is 23.9 Å². The average Bonchev–Trinajstić information content (AvgIpc) is 2.64. The summed E-state index contributed by atoms with van der Waals surface area (Å²) < 4.78 is 226. The van der Waals surface area contributed by atoms with Gasteiger partial charge in [0.1, 0.15) is 5.82 Å². The van der Waals surface area contributed by atoms with Crippen molar-refractivity contribution in [2.75, 3.05) is 5.32 Å². The van der Waals surface area contributed by atoms with Gasteiger partial charge in [-0.3, -0.25) is 14.3 Å². The minimum Gasteiger partial charge on any atom is -0.305 e. The largest absolute Gasteiger partial charge is 0.462 e. The standard InChI is InChI=1S/C15H7F17N2O3/c1-5-2-3-33-6(4-5)34-7(35)8(16,11(20,21)22)36-15(31,32)10(19,13(26,27)28)37-14(29,30)9(17,18)12(23,24)25/h2-4H,1H3,(H,33,34,35)/t8-,10+/m1/s1. The highest BCUT2D eigenvalue weighted by Gasteiger charge is 2.85. The van der Waals surface area contributed by atoms with Crippen LogP contribution in [0.2, 0.25) is 0 Å². The summed E-state index contributed by atoms with van der Waals surface area (Å²) in [5.41, 5.74) is 0.0223. The molecule has 0 aliphatic heterocycles. The second kappa shape index (κ2) is 9.27. The van der Waals surface area contributed by atoms with E-state index in [1.54, 1.807) is 0 Å². The van der Waals surface area contributed by atoms with Crippen molar-refractivity contribution in [1.29, 1.82) is 0 Å². The number of ether oxygens (including phenoxy) is 2. The maximum Gasteiger partial charge on any atom is 0.462 e. The number of rotatable bonds is 8. The number of hydrogen-bond donors (Lipinski definition) is 1. The zero-order valence-corrected chi connectivity index (χ0v) is 16.8. The van der Waals surface area contributed by atoms with Crippen molar-refractivity contribution in [3.8, 4) is 0 Å². The lowest BCUT2D eigenvalue weighted by Crippen LogP contribution is -2.68. The van der Waals surface area contributed by atoms with Gasteiger partial charge in [0.05, 0.1) is 0 Å². The van der Waals surface area contributed by atoms with E-state index in [1.807, 2.05) is 4.74 Å². The number of carbonyl (C=O) groups excluding carboxylic acids is 1. The highest BCUT2D eigenvalue weighted by Crippen LogP contribution is 2.56. The summed E-state index contributed by atoms with van der Waals surface area (Å²) in [5.74, 6) is -27.4. The molecule has 1 amide bonds. The fourth-order valence-corrected chi connectivity index (χ4v) is 1.96. The van der Waals surface area contributed by atoms with E-state index in [4.69, 9.17) is 0 Å². The third kappa shape index (κ3) is 5.93. The first-order valence-corrected chi connectivity index (χ1v) is 8.41. The molecule has 0 spiro atoms. The monoisotopic (exact) mass is 586 g/mol. The molecule has 1 rings (SSSR count). The molecule has 37 heavy (non-hydrogen) atoms. The summed E-state index contributed by atoms with van der Waals surface area (Å²) in [5, 5.41) is 0.770. The predicted octanol–water partition coefficient (Wildman–Crippen LogP) is 6.20. The Kier molecular flexibility index (Phi) is 8.11. The maximum atomic E-state index is 14.4. The first kappa shape index (κ1) is 32.4. The molecule has 1 aromatic rings. The fraction of sp³-hybridized carbons (Fsp3) is 0.600. The van der Waals surface area contributed by atoms with E-state index in [2.05, 4.69) is 4.98 Å². The summed E-state index contributed by atoms with van der Waals surface area (Å²) in [6.07, 6.45) is -37.9. The van der Waals surface area contributed by atoms with Crippen LogP contribution < -0.4 is 5.32 Å². The molecular formula is C15H7F17N2O3. The second-order valence-corrected chi connectivity index (χ2v) is 6.67. The van der Waals surface area contributed by atoms with E-state index in [9.17, 15) is 79.4 Å². The first-order valence-electron chi connectivity index (χ1n) is 8.41. The molecule has 0 fully saturated rings. The van der Waals surface area contributed by atoms with Crippen LogP contribution in [-0.4, -0.2) is 59.3 Å². The van der Waals surface area contributed by atoms with Crippen LogP contribution >= 0.6 is 0 Å². The number of amides is 1. The summed E-state index contributed by atoms with van der Waals surface area (Å²) in [6.45, 7) is 1.16. The molecule has 22 heteroatoms. The summed E-state index contributed by atoms with van der Waals surface area (Å²) in [4.78, 5) is 14.7. The number of nitrogens with zero attached hydrogens (tertiary/aromatic N) is 1. The molecule has 1 heterocycles. The lowest BCUT2D eigenvalue weighted by molar-refractivity contribution is -0.548. The predicted molar refractivity (Wildman–Crippen MR) is 80.5 cm³/mol. The number of carbonyl (C=O) groups is 1. The molecule has 0 bridgehead atoms. The van der Waals surface area contributed by atoms with Crippen LogP contribution in [0.15, 0.2) is 18.3 Å². The number of hydrogen-bond acceptors (Lipinski definition) is 4. The van der Waals surface area contributed by atoms with Crippen LogP contribution in [-0.2, 0) is 14.3 Å². The van der Waals surface area contributed by atoms with Gasteiger partial charge in [0, 0.05) is 6.20 Å². The lowest BCUT2D eigenvalue weighted by atomic mass is 10.2. The zero-order chi connectivity index (χ0) is 29.7. The highest BCUT2D eigenvalue weighted by atomic mass is 19.4. The number of alkyl halides is 17. The summed E-state index contributed by atoms with van der Waals surface area (Å²) in [6, 6.07) is 1.69. The smallest absolute Gasteiger partial charge is 0.305 e. The van der Waals surface area contributed by atoms with Crippen molar-refractivity contribution in [2.45, 2.75) is 55.3 Å². The van der Waals surface area contributed by atoms with E-state index in [0.29, 0.717) is 12.3 Å². The van der Waals surface area contributed by atoms with Gasteiger partial charge in [-0.05, 0) is 24.6 Å². The molecule has 0 aliphatic rings. The Morgan fingerprint density at radius 1 is 0.730 bits per heavy atom. The minimum atomic E-state index is -8.07. The fourth-order valence-electron chi connectivity index (χ4n) is 1.96. The van der Waals surface area contributed by atoms with Crippen molar-refractivity contribution in [3.63, 3.8) is 0 Å². The molecule has 2 atom stereocenters. The van der Waals surface area contributed by atoms with Crippen LogP contribution in [0, 0.1) is 6.92 Å². The molecule has 1 N–H and O–H groups in total. The number of aryl methyl sites for hydroxylation is 1. The first-order chi connectivity index (χ1) is 16.1. The van der Waals surface area contributed by atoms with Crippen LogP contribution in [0.4, 0.5) is 80.5 Å². The average molecular weight is 586 g/mol. The van der Waals surface area contributed by atoms with Crippen LogP contribution in [0.1, 0.15) is 5.56 Å². The Morgan fingerprint density at radius 3 is 1.59 bits per heavy atom. The maximum absolute atomic E-state index is 14.4. The highest BCUT2D eigenvalue weighted by molar-refractivity contribution is 5.96. The number of halogens is 17. The molecule has 1 aromatic heterocycles. The molecule has 0 aliphatic carbocycles. The molecule has 0 saturated heterocycles. The number of pyridine rings is 1. The topological polar surface area (TPSA) is 60.5 Å². The summed E-state index contributed by atoms with van der Waals surface area (Å²) >= 11 is 0. The Hall–Kier alpha value is -2.65. The van der Waals surface area contributed by atoms with E-state index in [0.717, 1.165) is 18.3 Å². The Balaban J connectivity index is 3.63. The van der Waals surface area contributed by atoms with Crippen molar-refractivity contribution < 1.29 is 88.9 Å². The van der Waals surface area contributed by atoms with Crippen molar-refractivity contribution in [1.82, 2.24) is 4.98 Å².